The number of carboxylic acid groups (broad SMARTS) is 1. The summed E-state index contributed by atoms with van der Waals surface area (Å²) in [4.78, 5) is 22.9. The Labute approximate surface area is 48.8 Å². The van der Waals surface area contributed by atoms with Crippen LogP contribution in [0.3, 0.4) is 0 Å². The highest BCUT2D eigenvalue weighted by molar-refractivity contribution is 8.25. The first-order valence-corrected chi connectivity index (χ1v) is 2.30. The van der Waals surface area contributed by atoms with Crippen molar-refractivity contribution in [3.05, 3.63) is 0 Å². The average Bonchev–Trinajstić information content (AvgIpc) is 1.65. The summed E-state index contributed by atoms with van der Waals surface area (Å²) in [7, 11) is 0. The number of carbonyl (C=O) groups is 2. The fourth-order valence-electron chi connectivity index (χ4n) is 0.0953. The van der Waals surface area contributed by atoms with Crippen molar-refractivity contribution in [2.45, 2.75) is 0 Å². The van der Waals surface area contributed by atoms with E-state index in [9.17, 15) is 9.59 Å². The number of rotatable bonds is 0. The van der Waals surface area contributed by atoms with Gasteiger partial charge in [-0.2, -0.15) is 5.90 Å². The molecule has 0 aromatic rings. The summed E-state index contributed by atoms with van der Waals surface area (Å²) < 4.78 is 0. The lowest BCUT2D eigenvalue weighted by Gasteiger charge is -1.87. The van der Waals surface area contributed by atoms with Gasteiger partial charge in [0.1, 0.15) is 0 Å². The predicted molar refractivity (Wildman–Crippen MR) is 26.3 cm³/mol. The van der Waals surface area contributed by atoms with E-state index >= 15 is 0 Å². The van der Waals surface area contributed by atoms with Crippen LogP contribution < -0.4 is 5.90 Å². The number of hydrogen-bond donors (Lipinski definition) is 2. The molecule has 46 valence electrons. The Bertz CT molecular complexity index is 113. The Balaban J connectivity index is 3.40. The molecule has 0 aromatic heterocycles. The minimum atomic E-state index is -1.33. The van der Waals surface area contributed by atoms with Gasteiger partial charge >= 0.3 is 10.6 Å². The Morgan fingerprint density at radius 1 is 1.62 bits per heavy atom. The summed E-state index contributed by atoms with van der Waals surface area (Å²) in [6.07, 6.45) is 0. The van der Waals surface area contributed by atoms with E-state index in [4.69, 9.17) is 5.11 Å². The fourth-order valence-corrected chi connectivity index (χ4v) is 0.286. The Morgan fingerprint density at radius 3 is 2.25 bits per heavy atom. The minimum absolute atomic E-state index is 0.0150. The lowest BCUT2D eigenvalue weighted by atomic mass is 11.6. The molecule has 0 amide bonds. The van der Waals surface area contributed by atoms with Gasteiger partial charge in [0.2, 0.25) is 0 Å². The van der Waals surface area contributed by atoms with Gasteiger partial charge in [-0.05, 0) is 0 Å². The van der Waals surface area contributed by atoms with Crippen molar-refractivity contribution in [1.82, 2.24) is 0 Å². The monoisotopic (exact) mass is 137 g/mol. The second-order valence-corrected chi connectivity index (χ2v) is 1.62. The van der Waals surface area contributed by atoms with Crippen LogP contribution in [0.2, 0.25) is 0 Å². The molecule has 0 fully saturated rings. The first kappa shape index (κ1) is 7.25. The lowest BCUT2D eigenvalue weighted by Crippen LogP contribution is -2.05. The molecule has 5 nitrogen and oxygen atoms in total. The maximum absolute atomic E-state index is 9.86. The molecular formula is C2H3NO4S. The average molecular weight is 137 g/mol. The normalized spacial score (nSPS) is 8.12. The van der Waals surface area contributed by atoms with Crippen LogP contribution in [0, 0.1) is 0 Å². The zero-order chi connectivity index (χ0) is 6.57. The maximum atomic E-state index is 9.86. The minimum Gasteiger partial charge on any atom is -0.473 e. The van der Waals surface area contributed by atoms with E-state index in [1.165, 1.54) is 0 Å². The van der Waals surface area contributed by atoms with Gasteiger partial charge in [0.15, 0.2) is 0 Å². The van der Waals surface area contributed by atoms with E-state index in [0.29, 0.717) is 0 Å². The summed E-state index contributed by atoms with van der Waals surface area (Å²) >= 11 is -0.0150. The van der Waals surface area contributed by atoms with Gasteiger partial charge in [-0.1, -0.05) is 0 Å². The molecule has 0 atom stereocenters. The number of carbonyl (C=O) groups excluding carboxylic acids is 1. The van der Waals surface area contributed by atoms with Crippen molar-refractivity contribution in [2.75, 3.05) is 0 Å². The third kappa shape index (κ3) is 3.44. The van der Waals surface area contributed by atoms with Gasteiger partial charge in [-0.3, -0.25) is 0 Å². The molecule has 0 aliphatic rings. The van der Waals surface area contributed by atoms with Crippen LogP contribution in [-0.4, -0.2) is 15.7 Å². The van der Waals surface area contributed by atoms with Gasteiger partial charge < -0.3 is 9.94 Å². The molecule has 0 radical (unpaired) electrons. The quantitative estimate of drug-likeness (QED) is 0.470. The van der Waals surface area contributed by atoms with Crippen LogP contribution in [0.1, 0.15) is 0 Å². The van der Waals surface area contributed by atoms with Crippen molar-refractivity contribution < 1.29 is 19.5 Å². The zero-order valence-electron chi connectivity index (χ0n) is 3.66. The standard InChI is InChI=1S/C2H3NO4S/c3-7-2(6)8-1(4)5/h3H2,(H,4,5). The molecule has 3 N–H and O–H groups in total. The second kappa shape index (κ2) is 3.28. The van der Waals surface area contributed by atoms with E-state index in [0.717, 1.165) is 0 Å². The van der Waals surface area contributed by atoms with Crippen molar-refractivity contribution in [3.63, 3.8) is 0 Å². The van der Waals surface area contributed by atoms with Crippen LogP contribution in [-0.2, 0) is 4.84 Å². The van der Waals surface area contributed by atoms with Crippen molar-refractivity contribution >= 4 is 22.4 Å². The summed E-state index contributed by atoms with van der Waals surface area (Å²) in [6, 6.07) is 0. The Morgan fingerprint density at radius 2 is 2.12 bits per heavy atom. The van der Waals surface area contributed by atoms with E-state index < -0.39 is 10.6 Å². The third-order valence-corrected chi connectivity index (χ3v) is 0.704. The van der Waals surface area contributed by atoms with Gasteiger partial charge in [-0.25, -0.2) is 9.59 Å². The van der Waals surface area contributed by atoms with Crippen molar-refractivity contribution in [1.29, 1.82) is 0 Å². The van der Waals surface area contributed by atoms with Crippen LogP contribution >= 0.6 is 11.8 Å². The number of thioether (sulfide) groups is 1. The second-order valence-electron chi connectivity index (χ2n) is 0.736. The van der Waals surface area contributed by atoms with Crippen LogP contribution in [0.5, 0.6) is 0 Å². The van der Waals surface area contributed by atoms with Crippen LogP contribution in [0.15, 0.2) is 0 Å². The first-order chi connectivity index (χ1) is 3.66. The first-order valence-electron chi connectivity index (χ1n) is 1.48. The molecule has 0 aliphatic heterocycles. The Kier molecular flexibility index (Phi) is 2.97. The summed E-state index contributed by atoms with van der Waals surface area (Å²) in [5.41, 5.74) is 0. The highest BCUT2D eigenvalue weighted by Gasteiger charge is 2.07. The highest BCUT2D eigenvalue weighted by Crippen LogP contribution is 2.02. The molecule has 0 spiro atoms. The molecule has 0 bridgehead atoms. The van der Waals surface area contributed by atoms with Crippen LogP contribution in [0.25, 0.3) is 0 Å². The summed E-state index contributed by atoms with van der Waals surface area (Å²) in [5.74, 6) is 4.29. The predicted octanol–water partition coefficient (Wildman–Crippen LogP) is 0.408. The van der Waals surface area contributed by atoms with E-state index in [1.54, 1.807) is 0 Å². The summed E-state index contributed by atoms with van der Waals surface area (Å²) in [6.45, 7) is 0. The van der Waals surface area contributed by atoms with E-state index in [-0.39, 0.29) is 11.8 Å². The smallest absolute Gasteiger partial charge is 0.396 e. The third-order valence-electron chi connectivity index (χ3n) is 0.267. The molecule has 0 rings (SSSR count). The van der Waals surface area contributed by atoms with Gasteiger partial charge in [0, 0.05) is 0 Å². The molecule has 0 aliphatic carbocycles. The largest absolute Gasteiger partial charge is 0.473 e. The molecule has 0 heterocycles. The van der Waals surface area contributed by atoms with E-state index in [1.807, 2.05) is 0 Å². The molecule has 8 heavy (non-hydrogen) atoms. The number of nitrogens with two attached hydrogens (primary N) is 1. The lowest BCUT2D eigenvalue weighted by molar-refractivity contribution is 0.177. The molecular weight excluding hydrogens is 134 g/mol. The Hall–Kier alpha value is -0.750. The zero-order valence-corrected chi connectivity index (χ0v) is 4.47. The summed E-state index contributed by atoms with van der Waals surface area (Å²) in [5, 5.41) is 5.46. The van der Waals surface area contributed by atoms with E-state index in [2.05, 4.69) is 10.7 Å². The van der Waals surface area contributed by atoms with Gasteiger partial charge in [-0.15, -0.1) is 0 Å². The molecule has 6 heteroatoms. The topological polar surface area (TPSA) is 89.6 Å². The fraction of sp³-hybridized carbons (Fsp3) is 0. The molecule has 0 saturated carbocycles. The highest BCUT2D eigenvalue weighted by atomic mass is 32.2. The molecule has 0 unspecified atom stereocenters. The van der Waals surface area contributed by atoms with Crippen LogP contribution in [0.4, 0.5) is 9.59 Å². The van der Waals surface area contributed by atoms with Gasteiger partial charge in [0.05, 0.1) is 11.8 Å². The van der Waals surface area contributed by atoms with Crippen molar-refractivity contribution in [3.8, 4) is 0 Å². The van der Waals surface area contributed by atoms with Crippen molar-refractivity contribution in [2.24, 2.45) is 5.90 Å². The maximum Gasteiger partial charge on any atom is 0.396 e. The number of hydrogen-bond acceptors (Lipinski definition) is 5. The molecule has 0 saturated heterocycles. The SMILES string of the molecule is NOC(=O)SC(=O)O. The van der Waals surface area contributed by atoms with Gasteiger partial charge in [0.25, 0.3) is 0 Å². The molecule has 0 aromatic carbocycles.